The molecular weight excluding hydrogens is 224 g/mol. The Bertz CT molecular complexity index is 388. The van der Waals surface area contributed by atoms with E-state index in [9.17, 15) is 4.79 Å². The highest BCUT2D eigenvalue weighted by Gasteiger charge is 2.10. The standard InChI is InChI=1S/C12H16O5/c1-8(15-2)7-17-10-5-4-9(12(13)14)6-11(10)16-3/h4-6,8H,7H2,1-3H3,(H,13,14)/t8-/m0/s1. The summed E-state index contributed by atoms with van der Waals surface area (Å²) in [7, 11) is 3.06. The Morgan fingerprint density at radius 1 is 1.35 bits per heavy atom. The fourth-order valence-electron chi connectivity index (χ4n) is 1.20. The van der Waals surface area contributed by atoms with Gasteiger partial charge in [0.25, 0.3) is 0 Å². The Hall–Kier alpha value is -1.75. The average Bonchev–Trinajstić information content (AvgIpc) is 2.35. The van der Waals surface area contributed by atoms with E-state index in [1.54, 1.807) is 13.2 Å². The first-order valence-corrected chi connectivity index (χ1v) is 5.15. The van der Waals surface area contributed by atoms with Crippen molar-refractivity contribution in [2.45, 2.75) is 13.0 Å². The zero-order valence-corrected chi connectivity index (χ0v) is 10.1. The van der Waals surface area contributed by atoms with Crippen molar-refractivity contribution in [3.63, 3.8) is 0 Å². The minimum Gasteiger partial charge on any atom is -0.493 e. The molecule has 5 heteroatoms. The Morgan fingerprint density at radius 2 is 2.06 bits per heavy atom. The van der Waals surface area contributed by atoms with Crippen LogP contribution in [0.5, 0.6) is 11.5 Å². The van der Waals surface area contributed by atoms with E-state index in [0.29, 0.717) is 18.1 Å². The molecular formula is C12H16O5. The van der Waals surface area contributed by atoms with Crippen LogP contribution in [0.1, 0.15) is 17.3 Å². The minimum absolute atomic E-state index is 0.0427. The average molecular weight is 240 g/mol. The lowest BCUT2D eigenvalue weighted by Crippen LogP contribution is -2.16. The molecule has 0 unspecified atom stereocenters. The Kier molecular flexibility index (Phi) is 4.78. The number of carboxylic acids is 1. The van der Waals surface area contributed by atoms with E-state index in [1.165, 1.54) is 19.2 Å². The lowest BCUT2D eigenvalue weighted by atomic mass is 10.2. The van der Waals surface area contributed by atoms with Gasteiger partial charge in [0.05, 0.1) is 18.8 Å². The van der Waals surface area contributed by atoms with Crippen LogP contribution >= 0.6 is 0 Å². The summed E-state index contributed by atoms with van der Waals surface area (Å²) < 4.78 is 15.6. The van der Waals surface area contributed by atoms with Gasteiger partial charge in [-0.3, -0.25) is 0 Å². The van der Waals surface area contributed by atoms with E-state index in [1.807, 2.05) is 6.92 Å². The molecule has 0 aromatic heterocycles. The summed E-state index contributed by atoms with van der Waals surface area (Å²) in [6, 6.07) is 4.47. The summed E-state index contributed by atoms with van der Waals surface area (Å²) in [6.07, 6.45) is -0.0427. The van der Waals surface area contributed by atoms with Crippen LogP contribution < -0.4 is 9.47 Å². The van der Waals surface area contributed by atoms with Crippen molar-refractivity contribution in [1.82, 2.24) is 0 Å². The largest absolute Gasteiger partial charge is 0.493 e. The molecule has 0 fully saturated rings. The van der Waals surface area contributed by atoms with Crippen LogP contribution in [0.3, 0.4) is 0 Å². The van der Waals surface area contributed by atoms with Gasteiger partial charge in [0.1, 0.15) is 6.61 Å². The predicted molar refractivity (Wildman–Crippen MR) is 61.9 cm³/mol. The molecule has 94 valence electrons. The number of hydrogen-bond donors (Lipinski definition) is 1. The van der Waals surface area contributed by atoms with Crippen molar-refractivity contribution in [3.8, 4) is 11.5 Å². The molecule has 0 heterocycles. The molecule has 0 bridgehead atoms. The Balaban J connectivity index is 2.82. The fraction of sp³-hybridized carbons (Fsp3) is 0.417. The quantitative estimate of drug-likeness (QED) is 0.821. The molecule has 5 nitrogen and oxygen atoms in total. The molecule has 0 aliphatic carbocycles. The molecule has 17 heavy (non-hydrogen) atoms. The van der Waals surface area contributed by atoms with Crippen molar-refractivity contribution < 1.29 is 24.1 Å². The smallest absolute Gasteiger partial charge is 0.335 e. The van der Waals surface area contributed by atoms with Crippen LogP contribution in [0.2, 0.25) is 0 Å². The number of methoxy groups -OCH3 is 2. The first kappa shape index (κ1) is 13.3. The maximum absolute atomic E-state index is 10.8. The van der Waals surface area contributed by atoms with Crippen molar-refractivity contribution in [2.75, 3.05) is 20.8 Å². The summed E-state index contributed by atoms with van der Waals surface area (Å²) in [4.78, 5) is 10.8. The molecule has 1 aromatic rings. The van der Waals surface area contributed by atoms with E-state index in [4.69, 9.17) is 19.3 Å². The van der Waals surface area contributed by atoms with Crippen LogP contribution in [0.25, 0.3) is 0 Å². The third-order valence-electron chi connectivity index (χ3n) is 2.29. The molecule has 1 rings (SSSR count). The highest BCUT2D eigenvalue weighted by molar-refractivity contribution is 5.88. The van der Waals surface area contributed by atoms with Gasteiger partial charge >= 0.3 is 5.97 Å². The lowest BCUT2D eigenvalue weighted by Gasteiger charge is -2.14. The molecule has 0 saturated carbocycles. The second-order valence-electron chi connectivity index (χ2n) is 3.53. The molecule has 0 spiro atoms. The number of benzene rings is 1. The van der Waals surface area contributed by atoms with Gasteiger partial charge in [-0.15, -0.1) is 0 Å². The molecule has 0 saturated heterocycles. The van der Waals surface area contributed by atoms with Gasteiger partial charge in [-0.05, 0) is 25.1 Å². The number of carbonyl (C=O) groups is 1. The molecule has 1 atom stereocenters. The normalized spacial score (nSPS) is 11.9. The zero-order chi connectivity index (χ0) is 12.8. The predicted octanol–water partition coefficient (Wildman–Crippen LogP) is 1.81. The molecule has 0 aliphatic rings. The third-order valence-corrected chi connectivity index (χ3v) is 2.29. The number of carboxylic acid groups (broad SMARTS) is 1. The van der Waals surface area contributed by atoms with Crippen molar-refractivity contribution in [2.24, 2.45) is 0 Å². The van der Waals surface area contributed by atoms with E-state index >= 15 is 0 Å². The maximum atomic E-state index is 10.8. The molecule has 1 aromatic carbocycles. The first-order chi connectivity index (χ1) is 8.08. The monoisotopic (exact) mass is 240 g/mol. The van der Waals surface area contributed by atoms with Gasteiger partial charge in [0.15, 0.2) is 11.5 Å². The van der Waals surface area contributed by atoms with Crippen LogP contribution in [0.15, 0.2) is 18.2 Å². The van der Waals surface area contributed by atoms with Crippen LogP contribution in [-0.2, 0) is 4.74 Å². The van der Waals surface area contributed by atoms with Gasteiger partial charge in [0.2, 0.25) is 0 Å². The Labute approximate surface area is 99.9 Å². The van der Waals surface area contributed by atoms with Crippen molar-refractivity contribution >= 4 is 5.97 Å². The number of aromatic carboxylic acids is 1. The van der Waals surface area contributed by atoms with Crippen LogP contribution in [0, 0.1) is 0 Å². The lowest BCUT2D eigenvalue weighted by molar-refractivity contribution is 0.0688. The summed E-state index contributed by atoms with van der Waals surface area (Å²) in [5.41, 5.74) is 0.161. The van der Waals surface area contributed by atoms with E-state index in [2.05, 4.69) is 0 Å². The topological polar surface area (TPSA) is 65.0 Å². The second kappa shape index (κ2) is 6.10. The number of rotatable bonds is 6. The molecule has 0 amide bonds. The van der Waals surface area contributed by atoms with Gasteiger partial charge in [-0.25, -0.2) is 4.79 Å². The summed E-state index contributed by atoms with van der Waals surface area (Å²) >= 11 is 0. The second-order valence-corrected chi connectivity index (χ2v) is 3.53. The van der Waals surface area contributed by atoms with E-state index in [0.717, 1.165) is 0 Å². The van der Waals surface area contributed by atoms with Crippen molar-refractivity contribution in [1.29, 1.82) is 0 Å². The minimum atomic E-state index is -1.000. The SMILES string of the molecule is COc1cc(C(=O)O)ccc1OC[C@H](C)OC. The fourth-order valence-corrected chi connectivity index (χ4v) is 1.20. The zero-order valence-electron chi connectivity index (χ0n) is 10.1. The van der Waals surface area contributed by atoms with Gasteiger partial charge < -0.3 is 19.3 Å². The molecule has 1 N–H and O–H groups in total. The van der Waals surface area contributed by atoms with Gasteiger partial charge in [-0.2, -0.15) is 0 Å². The van der Waals surface area contributed by atoms with E-state index < -0.39 is 5.97 Å². The summed E-state index contributed by atoms with van der Waals surface area (Å²) in [5, 5.41) is 8.84. The molecule has 0 radical (unpaired) electrons. The van der Waals surface area contributed by atoms with Gasteiger partial charge in [-0.1, -0.05) is 0 Å². The summed E-state index contributed by atoms with van der Waals surface area (Å²) in [5.74, 6) is -0.102. The number of hydrogen-bond acceptors (Lipinski definition) is 4. The Morgan fingerprint density at radius 3 is 2.59 bits per heavy atom. The highest BCUT2D eigenvalue weighted by Crippen LogP contribution is 2.28. The van der Waals surface area contributed by atoms with E-state index in [-0.39, 0.29) is 11.7 Å². The van der Waals surface area contributed by atoms with Crippen LogP contribution in [0.4, 0.5) is 0 Å². The van der Waals surface area contributed by atoms with Crippen molar-refractivity contribution in [3.05, 3.63) is 23.8 Å². The molecule has 0 aliphatic heterocycles. The highest BCUT2D eigenvalue weighted by atomic mass is 16.5. The number of ether oxygens (including phenoxy) is 3. The maximum Gasteiger partial charge on any atom is 0.335 e. The van der Waals surface area contributed by atoms with Gasteiger partial charge in [0, 0.05) is 7.11 Å². The third kappa shape index (κ3) is 3.64. The van der Waals surface area contributed by atoms with Crippen LogP contribution in [-0.4, -0.2) is 38.0 Å². The summed E-state index contributed by atoms with van der Waals surface area (Å²) in [6.45, 7) is 2.25. The first-order valence-electron chi connectivity index (χ1n) is 5.15.